The molecule has 0 saturated heterocycles. The van der Waals surface area contributed by atoms with Gasteiger partial charge in [0.05, 0.1) is 22.2 Å². The van der Waals surface area contributed by atoms with Gasteiger partial charge in [-0.3, -0.25) is 4.79 Å². The quantitative estimate of drug-likeness (QED) is 0.246. The lowest BCUT2D eigenvalue weighted by molar-refractivity contribution is 0.101. The molecule has 0 unspecified atom stereocenters. The van der Waals surface area contributed by atoms with Crippen LogP contribution in [-0.4, -0.2) is 34.5 Å². The van der Waals surface area contributed by atoms with E-state index in [-0.39, 0.29) is 40.1 Å². The first-order valence-corrected chi connectivity index (χ1v) is 12.4. The molecule has 1 heterocycles. The van der Waals surface area contributed by atoms with Crippen LogP contribution in [0.15, 0.2) is 70.0 Å². The second-order valence-corrected chi connectivity index (χ2v) is 10.0. The fourth-order valence-corrected chi connectivity index (χ4v) is 5.02. The number of hydrogen-bond acceptors (Lipinski definition) is 6. The van der Waals surface area contributed by atoms with Crippen LogP contribution in [0.5, 0.6) is 0 Å². The number of methoxy groups -OCH3 is 1. The molecule has 3 N–H and O–H groups in total. The predicted molar refractivity (Wildman–Crippen MR) is 133 cm³/mol. The van der Waals surface area contributed by atoms with Crippen molar-refractivity contribution in [1.29, 1.82) is 0 Å². The Morgan fingerprint density at radius 3 is 2.56 bits per heavy atom. The normalized spacial score (nSPS) is 11.7. The number of nitrogens with one attached hydrogen (secondary N) is 1. The standard InChI is InChI=1S/C24H20Cl2N2O5S/c1-32-10-9-28-34(30,31)17-4-2-3-14(11-17)15-5-7-19-21(12-15)33-24(22(19)27)23(29)18-8-6-16(25)13-20(18)26/h2-8,11-13,28H,9-10,27H2,1H3. The number of benzene rings is 3. The summed E-state index contributed by atoms with van der Waals surface area (Å²) in [6, 6.07) is 16.2. The third-order valence-corrected chi connectivity index (χ3v) is 7.19. The summed E-state index contributed by atoms with van der Waals surface area (Å²) in [5.41, 5.74) is 8.34. The molecule has 34 heavy (non-hydrogen) atoms. The highest BCUT2D eigenvalue weighted by molar-refractivity contribution is 7.89. The van der Waals surface area contributed by atoms with Crippen molar-refractivity contribution in [2.75, 3.05) is 26.0 Å². The number of nitrogens with two attached hydrogens (primary N) is 1. The minimum absolute atomic E-state index is 0.0324. The number of halogens is 2. The van der Waals surface area contributed by atoms with E-state index < -0.39 is 15.8 Å². The SMILES string of the molecule is COCCNS(=O)(=O)c1cccc(-c2ccc3c(N)c(C(=O)c4ccc(Cl)cc4Cl)oc3c2)c1. The predicted octanol–water partition coefficient (Wildman–Crippen LogP) is 5.14. The van der Waals surface area contributed by atoms with Gasteiger partial charge in [0, 0.05) is 29.6 Å². The van der Waals surface area contributed by atoms with Crippen LogP contribution in [0.1, 0.15) is 16.1 Å². The molecule has 0 saturated carbocycles. The first-order chi connectivity index (χ1) is 16.2. The van der Waals surface area contributed by atoms with Crippen LogP contribution < -0.4 is 10.5 Å². The zero-order valence-electron chi connectivity index (χ0n) is 18.0. The van der Waals surface area contributed by atoms with E-state index in [1.165, 1.54) is 25.3 Å². The Bertz CT molecular complexity index is 1500. The summed E-state index contributed by atoms with van der Waals surface area (Å²) < 4.78 is 38.3. The van der Waals surface area contributed by atoms with Crippen molar-refractivity contribution in [3.63, 3.8) is 0 Å². The first-order valence-electron chi connectivity index (χ1n) is 10.1. The fraction of sp³-hybridized carbons (Fsp3) is 0.125. The van der Waals surface area contributed by atoms with E-state index >= 15 is 0 Å². The molecule has 0 atom stereocenters. The number of ether oxygens (including phenoxy) is 1. The van der Waals surface area contributed by atoms with Gasteiger partial charge in [-0.05, 0) is 53.6 Å². The molecule has 0 aliphatic carbocycles. The average Bonchev–Trinajstić information content (AvgIpc) is 3.14. The van der Waals surface area contributed by atoms with Gasteiger partial charge in [0.15, 0.2) is 5.76 Å². The number of hydrogen-bond donors (Lipinski definition) is 2. The van der Waals surface area contributed by atoms with Crippen molar-refractivity contribution in [3.05, 3.63) is 82.0 Å². The molecule has 0 spiro atoms. The number of ketones is 1. The first kappa shape index (κ1) is 24.3. The number of carbonyl (C=O) groups excluding carboxylic acids is 1. The van der Waals surface area contributed by atoms with Crippen LogP contribution in [0, 0.1) is 0 Å². The van der Waals surface area contributed by atoms with Crippen molar-refractivity contribution in [2.45, 2.75) is 4.90 Å². The van der Waals surface area contributed by atoms with Crippen molar-refractivity contribution < 1.29 is 22.4 Å². The number of anilines is 1. The van der Waals surface area contributed by atoms with Crippen molar-refractivity contribution >= 4 is 55.7 Å². The molecule has 1 aromatic heterocycles. The van der Waals surface area contributed by atoms with Gasteiger partial charge in [-0.15, -0.1) is 0 Å². The maximum absolute atomic E-state index is 13.0. The van der Waals surface area contributed by atoms with E-state index in [1.807, 2.05) is 0 Å². The molecule has 0 aliphatic rings. The molecular formula is C24H20Cl2N2O5S. The molecule has 0 aliphatic heterocycles. The Morgan fingerprint density at radius 1 is 1.06 bits per heavy atom. The average molecular weight is 519 g/mol. The number of sulfonamides is 1. The Morgan fingerprint density at radius 2 is 1.82 bits per heavy atom. The van der Waals surface area contributed by atoms with Gasteiger partial charge in [-0.1, -0.05) is 41.4 Å². The van der Waals surface area contributed by atoms with Crippen LogP contribution >= 0.6 is 23.2 Å². The van der Waals surface area contributed by atoms with Gasteiger partial charge in [0.1, 0.15) is 5.58 Å². The maximum atomic E-state index is 13.0. The zero-order valence-corrected chi connectivity index (χ0v) is 20.3. The molecule has 0 bridgehead atoms. The molecule has 0 fully saturated rings. The van der Waals surface area contributed by atoms with Crippen LogP contribution in [0.2, 0.25) is 10.0 Å². The Hall–Kier alpha value is -2.88. The van der Waals surface area contributed by atoms with E-state index in [4.69, 9.17) is 38.1 Å². The fourth-order valence-electron chi connectivity index (χ4n) is 3.46. The highest BCUT2D eigenvalue weighted by Crippen LogP contribution is 2.35. The topological polar surface area (TPSA) is 112 Å². The van der Waals surface area contributed by atoms with E-state index in [0.29, 0.717) is 27.1 Å². The minimum Gasteiger partial charge on any atom is -0.450 e. The second-order valence-electron chi connectivity index (χ2n) is 7.43. The van der Waals surface area contributed by atoms with E-state index in [9.17, 15) is 13.2 Å². The maximum Gasteiger partial charge on any atom is 0.240 e. The van der Waals surface area contributed by atoms with Crippen LogP contribution in [0.3, 0.4) is 0 Å². The Balaban J connectivity index is 1.70. The minimum atomic E-state index is -3.70. The zero-order chi connectivity index (χ0) is 24.5. The van der Waals surface area contributed by atoms with Gasteiger partial charge in [-0.25, -0.2) is 13.1 Å². The summed E-state index contributed by atoms with van der Waals surface area (Å²) in [6.07, 6.45) is 0. The van der Waals surface area contributed by atoms with Crippen LogP contribution in [0.25, 0.3) is 22.1 Å². The number of fused-ring (bicyclic) bond motifs is 1. The van der Waals surface area contributed by atoms with Gasteiger partial charge in [-0.2, -0.15) is 0 Å². The van der Waals surface area contributed by atoms with Gasteiger partial charge < -0.3 is 14.9 Å². The molecule has 10 heteroatoms. The largest absolute Gasteiger partial charge is 0.450 e. The summed E-state index contributed by atoms with van der Waals surface area (Å²) in [5.74, 6) is -0.498. The number of nitrogen functional groups attached to an aromatic ring is 1. The molecule has 176 valence electrons. The molecule has 0 amide bonds. The second kappa shape index (κ2) is 9.77. The molecule has 3 aromatic carbocycles. The summed E-state index contributed by atoms with van der Waals surface area (Å²) in [7, 11) is -2.20. The van der Waals surface area contributed by atoms with Crippen LogP contribution in [-0.2, 0) is 14.8 Å². The Labute approximate surface area is 206 Å². The van der Waals surface area contributed by atoms with E-state index in [2.05, 4.69) is 4.72 Å². The number of carbonyl (C=O) groups is 1. The number of furan rings is 1. The van der Waals surface area contributed by atoms with Crippen LogP contribution in [0.4, 0.5) is 5.69 Å². The van der Waals surface area contributed by atoms with Crippen molar-refractivity contribution in [3.8, 4) is 11.1 Å². The Kier molecular flexibility index (Phi) is 6.97. The smallest absolute Gasteiger partial charge is 0.240 e. The summed E-state index contributed by atoms with van der Waals surface area (Å²) in [6.45, 7) is 0.424. The monoisotopic (exact) mass is 518 g/mol. The van der Waals surface area contributed by atoms with Gasteiger partial charge in [0.25, 0.3) is 0 Å². The third-order valence-electron chi connectivity index (χ3n) is 5.19. The van der Waals surface area contributed by atoms with E-state index in [0.717, 1.165) is 0 Å². The molecule has 4 rings (SSSR count). The van der Waals surface area contributed by atoms with E-state index in [1.54, 1.807) is 42.5 Å². The molecular weight excluding hydrogens is 499 g/mol. The lowest BCUT2D eigenvalue weighted by atomic mass is 10.0. The summed E-state index contributed by atoms with van der Waals surface area (Å²) >= 11 is 12.1. The third kappa shape index (κ3) is 4.82. The summed E-state index contributed by atoms with van der Waals surface area (Å²) in [4.78, 5) is 13.1. The molecule has 4 aromatic rings. The lowest BCUT2D eigenvalue weighted by Gasteiger charge is -2.08. The number of rotatable bonds is 8. The van der Waals surface area contributed by atoms with Crippen molar-refractivity contribution in [1.82, 2.24) is 4.72 Å². The van der Waals surface area contributed by atoms with Gasteiger partial charge in [0.2, 0.25) is 15.8 Å². The molecule has 0 radical (unpaired) electrons. The highest BCUT2D eigenvalue weighted by Gasteiger charge is 2.23. The molecule has 7 nitrogen and oxygen atoms in total. The lowest BCUT2D eigenvalue weighted by Crippen LogP contribution is -2.27. The summed E-state index contributed by atoms with van der Waals surface area (Å²) in [5, 5.41) is 1.15. The van der Waals surface area contributed by atoms with Crippen molar-refractivity contribution in [2.24, 2.45) is 0 Å². The van der Waals surface area contributed by atoms with Gasteiger partial charge >= 0.3 is 0 Å². The highest BCUT2D eigenvalue weighted by atomic mass is 35.5.